The summed E-state index contributed by atoms with van der Waals surface area (Å²) in [5.74, 6) is 0.764. The van der Waals surface area contributed by atoms with E-state index in [0.717, 1.165) is 16.5 Å². The fourth-order valence-electron chi connectivity index (χ4n) is 3.00. The Hall–Kier alpha value is -3.52. The van der Waals surface area contributed by atoms with Crippen LogP contribution in [0.1, 0.15) is 22.0 Å². The van der Waals surface area contributed by atoms with Crippen LogP contribution in [-0.4, -0.2) is 20.7 Å². The number of carbonyl (C=O) groups excluding carboxylic acids is 1. The summed E-state index contributed by atoms with van der Waals surface area (Å²) in [5.41, 5.74) is 3.25. The second kappa shape index (κ2) is 9.09. The highest BCUT2D eigenvalue weighted by Crippen LogP contribution is 2.19. The number of carbonyl (C=O) groups is 1. The quantitative estimate of drug-likeness (QED) is 0.450. The molecule has 4 aromatic rings. The van der Waals surface area contributed by atoms with Gasteiger partial charge in [-0.1, -0.05) is 17.7 Å². The second-order valence-electron chi connectivity index (χ2n) is 7.12. The molecule has 31 heavy (non-hydrogen) atoms. The molecule has 1 N–H and O–H groups in total. The van der Waals surface area contributed by atoms with Gasteiger partial charge in [0.05, 0.1) is 23.5 Å². The minimum Gasteiger partial charge on any atom is -0.486 e. The van der Waals surface area contributed by atoms with Crippen LogP contribution >= 0.6 is 11.3 Å². The van der Waals surface area contributed by atoms with Crippen LogP contribution in [0.25, 0.3) is 5.69 Å². The van der Waals surface area contributed by atoms with Crippen LogP contribution in [0.5, 0.6) is 5.75 Å². The van der Waals surface area contributed by atoms with Gasteiger partial charge in [-0.05, 0) is 50.2 Å². The number of halogens is 1. The summed E-state index contributed by atoms with van der Waals surface area (Å²) >= 11 is 1.46. The van der Waals surface area contributed by atoms with Gasteiger partial charge >= 0.3 is 0 Å². The van der Waals surface area contributed by atoms with Gasteiger partial charge in [0.25, 0.3) is 0 Å². The molecule has 0 saturated heterocycles. The van der Waals surface area contributed by atoms with E-state index in [4.69, 9.17) is 4.74 Å². The smallest absolute Gasteiger partial charge is 0.231 e. The molecule has 0 unspecified atom stereocenters. The number of aryl methyl sites for hydroxylation is 2. The molecule has 8 heteroatoms. The molecule has 0 saturated carbocycles. The maximum atomic E-state index is 13.2. The molecule has 2 aromatic heterocycles. The van der Waals surface area contributed by atoms with Crippen molar-refractivity contribution in [3.8, 4) is 11.4 Å². The summed E-state index contributed by atoms with van der Waals surface area (Å²) in [6.45, 7) is 4.21. The van der Waals surface area contributed by atoms with Crippen molar-refractivity contribution in [2.24, 2.45) is 0 Å². The number of thiazole rings is 1. The third-order valence-corrected chi connectivity index (χ3v) is 5.37. The average Bonchev–Trinajstić information content (AvgIpc) is 3.34. The highest BCUT2D eigenvalue weighted by atomic mass is 32.1. The number of nitrogens with zero attached hydrogens (tertiary/aromatic N) is 3. The number of anilines is 1. The molecule has 0 radical (unpaired) electrons. The zero-order chi connectivity index (χ0) is 21.8. The molecule has 0 atom stereocenters. The minimum absolute atomic E-state index is 0.134. The average molecular weight is 437 g/mol. The third-order valence-electron chi connectivity index (χ3n) is 4.49. The molecular weight excluding hydrogens is 415 g/mol. The number of aromatic nitrogens is 3. The van der Waals surface area contributed by atoms with E-state index in [1.54, 1.807) is 22.9 Å². The maximum Gasteiger partial charge on any atom is 0.231 e. The number of hydrogen-bond donors (Lipinski definition) is 1. The highest BCUT2D eigenvalue weighted by molar-refractivity contribution is 7.09. The molecule has 6 nitrogen and oxygen atoms in total. The maximum absolute atomic E-state index is 13.2. The monoisotopic (exact) mass is 436 g/mol. The summed E-state index contributed by atoms with van der Waals surface area (Å²) in [4.78, 5) is 17.1. The molecule has 158 valence electrons. The van der Waals surface area contributed by atoms with Crippen LogP contribution in [0.4, 0.5) is 10.2 Å². The molecule has 0 aliphatic rings. The summed E-state index contributed by atoms with van der Waals surface area (Å²) in [6.07, 6.45) is 0.134. The molecule has 2 heterocycles. The van der Waals surface area contributed by atoms with E-state index in [1.165, 1.54) is 29.0 Å². The van der Waals surface area contributed by atoms with Gasteiger partial charge in [0, 0.05) is 11.4 Å². The van der Waals surface area contributed by atoms with E-state index in [9.17, 15) is 9.18 Å². The molecule has 0 aliphatic heterocycles. The van der Waals surface area contributed by atoms with Crippen molar-refractivity contribution in [2.75, 3.05) is 5.32 Å². The van der Waals surface area contributed by atoms with Gasteiger partial charge in [-0.2, -0.15) is 5.10 Å². The fourth-order valence-corrected chi connectivity index (χ4v) is 3.70. The van der Waals surface area contributed by atoms with E-state index in [-0.39, 0.29) is 18.1 Å². The first-order chi connectivity index (χ1) is 15.0. The predicted octanol–water partition coefficient (Wildman–Crippen LogP) is 4.84. The van der Waals surface area contributed by atoms with Crippen LogP contribution in [-0.2, 0) is 17.8 Å². The van der Waals surface area contributed by atoms with E-state index in [2.05, 4.69) is 15.4 Å². The number of benzene rings is 2. The first-order valence-electron chi connectivity index (χ1n) is 9.71. The number of nitrogens with one attached hydrogen (secondary N) is 1. The van der Waals surface area contributed by atoms with Crippen molar-refractivity contribution < 1.29 is 13.9 Å². The van der Waals surface area contributed by atoms with E-state index in [0.29, 0.717) is 23.8 Å². The van der Waals surface area contributed by atoms with Crippen LogP contribution in [0.3, 0.4) is 0 Å². The standard InChI is InChI=1S/C23H21FN4O2S/c1-15-3-9-20(10-4-15)30-13-23-25-18(14-31-23)12-22(29)26-21-11-16(2)27-28(21)19-7-5-17(24)6-8-19/h3-11,14H,12-13H2,1-2H3,(H,26,29). The lowest BCUT2D eigenvalue weighted by Gasteiger charge is -2.08. The van der Waals surface area contributed by atoms with Gasteiger partial charge in [-0.25, -0.2) is 14.1 Å². The van der Waals surface area contributed by atoms with Crippen molar-refractivity contribution in [1.29, 1.82) is 0 Å². The molecule has 4 rings (SSSR count). The Morgan fingerprint density at radius 1 is 1.13 bits per heavy atom. The van der Waals surface area contributed by atoms with Crippen molar-refractivity contribution in [1.82, 2.24) is 14.8 Å². The number of ether oxygens (including phenoxy) is 1. The Labute approximate surface area is 183 Å². The number of rotatable bonds is 7. The van der Waals surface area contributed by atoms with Crippen molar-refractivity contribution in [3.63, 3.8) is 0 Å². The predicted molar refractivity (Wildman–Crippen MR) is 118 cm³/mol. The highest BCUT2D eigenvalue weighted by Gasteiger charge is 2.13. The summed E-state index contributed by atoms with van der Waals surface area (Å²) in [7, 11) is 0. The lowest BCUT2D eigenvalue weighted by atomic mass is 10.2. The Kier molecular flexibility index (Phi) is 6.08. The van der Waals surface area contributed by atoms with Gasteiger partial charge in [-0.15, -0.1) is 11.3 Å². The van der Waals surface area contributed by atoms with E-state index >= 15 is 0 Å². The number of hydrogen-bond acceptors (Lipinski definition) is 5. The Balaban J connectivity index is 1.37. The zero-order valence-electron chi connectivity index (χ0n) is 17.1. The largest absolute Gasteiger partial charge is 0.486 e. The van der Waals surface area contributed by atoms with Crippen LogP contribution < -0.4 is 10.1 Å². The van der Waals surface area contributed by atoms with Gasteiger partial charge in [0.2, 0.25) is 5.91 Å². The zero-order valence-corrected chi connectivity index (χ0v) is 17.9. The Bertz CT molecular complexity index is 1180. The first kappa shape index (κ1) is 20.7. The van der Waals surface area contributed by atoms with Crippen molar-refractivity contribution >= 4 is 23.1 Å². The Morgan fingerprint density at radius 3 is 2.61 bits per heavy atom. The van der Waals surface area contributed by atoms with Crippen LogP contribution in [0.2, 0.25) is 0 Å². The van der Waals surface area contributed by atoms with Gasteiger partial charge in [-0.3, -0.25) is 4.79 Å². The Morgan fingerprint density at radius 2 is 1.87 bits per heavy atom. The van der Waals surface area contributed by atoms with Gasteiger partial charge in [0.15, 0.2) is 0 Å². The van der Waals surface area contributed by atoms with E-state index < -0.39 is 0 Å². The van der Waals surface area contributed by atoms with Gasteiger partial charge in [0.1, 0.15) is 29.0 Å². The topological polar surface area (TPSA) is 69.0 Å². The van der Waals surface area contributed by atoms with Crippen LogP contribution in [0, 0.1) is 19.7 Å². The summed E-state index contributed by atoms with van der Waals surface area (Å²) < 4.78 is 20.5. The molecule has 0 spiro atoms. The lowest BCUT2D eigenvalue weighted by molar-refractivity contribution is -0.115. The van der Waals surface area contributed by atoms with Crippen molar-refractivity contribution in [3.05, 3.63) is 87.8 Å². The number of amides is 1. The first-order valence-corrected chi connectivity index (χ1v) is 10.6. The van der Waals surface area contributed by atoms with Crippen molar-refractivity contribution in [2.45, 2.75) is 26.9 Å². The molecule has 2 aromatic carbocycles. The van der Waals surface area contributed by atoms with Crippen LogP contribution in [0.15, 0.2) is 60.0 Å². The summed E-state index contributed by atoms with van der Waals surface area (Å²) in [5, 5.41) is 9.91. The normalized spacial score (nSPS) is 10.8. The molecular formula is C23H21FN4O2S. The molecule has 0 aliphatic carbocycles. The summed E-state index contributed by atoms with van der Waals surface area (Å²) in [6, 6.07) is 15.5. The SMILES string of the molecule is Cc1ccc(OCc2nc(CC(=O)Nc3cc(C)nn3-c3ccc(F)cc3)cs2)cc1. The fraction of sp³-hybridized carbons (Fsp3) is 0.174. The molecule has 0 bridgehead atoms. The minimum atomic E-state index is -0.330. The third kappa shape index (κ3) is 5.35. The molecule has 1 amide bonds. The van der Waals surface area contributed by atoms with Gasteiger partial charge < -0.3 is 10.1 Å². The molecule has 0 fully saturated rings. The van der Waals surface area contributed by atoms with E-state index in [1.807, 2.05) is 43.5 Å². The lowest BCUT2D eigenvalue weighted by Crippen LogP contribution is -2.17. The second-order valence-corrected chi connectivity index (χ2v) is 8.06.